The van der Waals surface area contributed by atoms with E-state index in [0.717, 1.165) is 5.69 Å². The Hall–Kier alpha value is -1.67. The molecule has 0 spiro atoms. The molecule has 0 unspecified atom stereocenters. The molecule has 3 rings (SSSR count). The lowest BCUT2D eigenvalue weighted by molar-refractivity contribution is 0.375. The average Bonchev–Trinajstić information content (AvgIpc) is 2.67. The highest BCUT2D eigenvalue weighted by molar-refractivity contribution is 7.89. The number of hydrogen-bond acceptors (Lipinski definition) is 5. The highest BCUT2D eigenvalue weighted by Crippen LogP contribution is 2.34. The molecule has 0 N–H and O–H groups in total. The molecule has 1 heterocycles. The topological polar surface area (TPSA) is 59.1 Å². The first-order chi connectivity index (χ1) is 12.9. The summed E-state index contributed by atoms with van der Waals surface area (Å²) in [5.41, 5.74) is 0.903. The normalized spacial score (nSPS) is 15.6. The number of methoxy groups -OCH3 is 2. The summed E-state index contributed by atoms with van der Waals surface area (Å²) >= 11 is 12.0. The predicted molar refractivity (Wildman–Crippen MR) is 107 cm³/mol. The molecule has 1 fully saturated rings. The molecule has 0 bridgehead atoms. The second-order valence-electron chi connectivity index (χ2n) is 6.00. The molecule has 0 aliphatic carbocycles. The van der Waals surface area contributed by atoms with Crippen molar-refractivity contribution in [3.63, 3.8) is 0 Å². The van der Waals surface area contributed by atoms with E-state index in [0.29, 0.717) is 42.7 Å². The first-order valence-electron chi connectivity index (χ1n) is 8.29. The Labute approximate surface area is 169 Å². The van der Waals surface area contributed by atoms with Gasteiger partial charge in [0.15, 0.2) is 0 Å². The summed E-state index contributed by atoms with van der Waals surface area (Å²) in [4.78, 5) is 2.16. The maximum Gasteiger partial charge on any atom is 0.244 e. The summed E-state index contributed by atoms with van der Waals surface area (Å²) < 4.78 is 37.9. The Bertz CT molecular complexity index is 929. The first-order valence-corrected chi connectivity index (χ1v) is 10.5. The van der Waals surface area contributed by atoms with Gasteiger partial charge in [0.1, 0.15) is 16.4 Å². The van der Waals surface area contributed by atoms with Gasteiger partial charge in [-0.25, -0.2) is 8.42 Å². The zero-order chi connectivity index (χ0) is 19.6. The van der Waals surface area contributed by atoms with Crippen LogP contribution >= 0.6 is 23.2 Å². The second kappa shape index (κ2) is 8.14. The molecule has 27 heavy (non-hydrogen) atoms. The van der Waals surface area contributed by atoms with Crippen LogP contribution in [0.1, 0.15) is 0 Å². The van der Waals surface area contributed by atoms with Crippen molar-refractivity contribution in [1.82, 2.24) is 4.31 Å². The summed E-state index contributed by atoms with van der Waals surface area (Å²) in [7, 11) is -0.481. The average molecular weight is 431 g/mol. The van der Waals surface area contributed by atoms with Crippen LogP contribution in [0.5, 0.6) is 11.5 Å². The Balaban J connectivity index is 1.77. The number of ether oxygens (including phenoxy) is 2. The molecule has 1 aliphatic rings. The molecule has 6 nitrogen and oxygen atoms in total. The highest BCUT2D eigenvalue weighted by atomic mass is 35.5. The van der Waals surface area contributed by atoms with Gasteiger partial charge in [0.25, 0.3) is 0 Å². The van der Waals surface area contributed by atoms with Crippen molar-refractivity contribution in [2.75, 3.05) is 45.3 Å². The molecule has 2 aromatic rings. The Morgan fingerprint density at radius 1 is 0.926 bits per heavy atom. The number of halogens is 2. The Morgan fingerprint density at radius 2 is 1.63 bits per heavy atom. The third-order valence-corrected chi connectivity index (χ3v) is 7.09. The van der Waals surface area contributed by atoms with E-state index in [4.69, 9.17) is 32.7 Å². The minimum atomic E-state index is -3.68. The number of anilines is 1. The molecule has 2 aromatic carbocycles. The molecule has 146 valence electrons. The molecule has 1 saturated heterocycles. The lowest BCUT2D eigenvalue weighted by atomic mass is 10.2. The number of hydrogen-bond donors (Lipinski definition) is 0. The van der Waals surface area contributed by atoms with Crippen molar-refractivity contribution in [2.45, 2.75) is 4.90 Å². The van der Waals surface area contributed by atoms with Gasteiger partial charge in [-0.2, -0.15) is 4.31 Å². The van der Waals surface area contributed by atoms with Gasteiger partial charge < -0.3 is 14.4 Å². The quantitative estimate of drug-likeness (QED) is 0.725. The van der Waals surface area contributed by atoms with Crippen molar-refractivity contribution < 1.29 is 17.9 Å². The lowest BCUT2D eigenvalue weighted by Gasteiger charge is -2.36. The minimum absolute atomic E-state index is 0.0732. The Morgan fingerprint density at radius 3 is 2.22 bits per heavy atom. The van der Waals surface area contributed by atoms with Gasteiger partial charge in [0.2, 0.25) is 10.0 Å². The monoisotopic (exact) mass is 430 g/mol. The van der Waals surface area contributed by atoms with E-state index in [9.17, 15) is 8.42 Å². The van der Waals surface area contributed by atoms with Gasteiger partial charge in [-0.1, -0.05) is 23.2 Å². The van der Waals surface area contributed by atoms with E-state index in [1.54, 1.807) is 14.2 Å². The standard InChI is InChI=1S/C18H20Cl2N2O4S/c1-25-14-4-5-16(17(12-14)26-2)21-7-9-22(10-8-21)27(23,24)18-6-3-13(19)11-15(18)20/h3-6,11-12H,7-10H2,1-2H3. The van der Waals surface area contributed by atoms with Crippen LogP contribution in [0.3, 0.4) is 0 Å². The Kier molecular flexibility index (Phi) is 6.05. The second-order valence-corrected chi connectivity index (χ2v) is 8.75. The molecule has 9 heteroatoms. The fourth-order valence-electron chi connectivity index (χ4n) is 3.04. The summed E-state index contributed by atoms with van der Waals surface area (Å²) in [6.07, 6.45) is 0. The van der Waals surface area contributed by atoms with Gasteiger partial charge in [-0.05, 0) is 30.3 Å². The molecule has 0 amide bonds. The van der Waals surface area contributed by atoms with Gasteiger partial charge in [0, 0.05) is 37.3 Å². The van der Waals surface area contributed by atoms with E-state index in [-0.39, 0.29) is 9.92 Å². The van der Waals surface area contributed by atoms with Crippen LogP contribution in [-0.2, 0) is 10.0 Å². The highest BCUT2D eigenvalue weighted by Gasteiger charge is 2.31. The van der Waals surface area contributed by atoms with E-state index >= 15 is 0 Å². The van der Waals surface area contributed by atoms with E-state index in [1.165, 1.54) is 22.5 Å². The largest absolute Gasteiger partial charge is 0.497 e. The predicted octanol–water partition coefficient (Wildman–Crippen LogP) is 3.52. The van der Waals surface area contributed by atoms with Crippen LogP contribution < -0.4 is 14.4 Å². The third-order valence-electron chi connectivity index (χ3n) is 4.48. The van der Waals surface area contributed by atoms with Crippen LogP contribution in [0.2, 0.25) is 10.0 Å². The molecule has 0 atom stereocenters. The molecule has 0 radical (unpaired) electrons. The van der Waals surface area contributed by atoms with Crippen LogP contribution in [0.25, 0.3) is 0 Å². The minimum Gasteiger partial charge on any atom is -0.497 e. The zero-order valence-electron chi connectivity index (χ0n) is 15.0. The van der Waals surface area contributed by atoms with E-state index in [1.807, 2.05) is 18.2 Å². The van der Waals surface area contributed by atoms with Crippen molar-refractivity contribution in [3.05, 3.63) is 46.4 Å². The van der Waals surface area contributed by atoms with Gasteiger partial charge >= 0.3 is 0 Å². The van der Waals surface area contributed by atoms with Gasteiger partial charge in [-0.15, -0.1) is 0 Å². The van der Waals surface area contributed by atoms with Crippen molar-refractivity contribution in [1.29, 1.82) is 0 Å². The van der Waals surface area contributed by atoms with Gasteiger partial charge in [0.05, 0.1) is 24.9 Å². The van der Waals surface area contributed by atoms with Crippen molar-refractivity contribution >= 4 is 38.9 Å². The fourth-order valence-corrected chi connectivity index (χ4v) is 5.21. The smallest absolute Gasteiger partial charge is 0.244 e. The van der Waals surface area contributed by atoms with Crippen LogP contribution in [0.15, 0.2) is 41.3 Å². The molecule has 1 aliphatic heterocycles. The third kappa shape index (κ3) is 4.11. The maximum absolute atomic E-state index is 12.9. The lowest BCUT2D eigenvalue weighted by Crippen LogP contribution is -2.48. The summed E-state index contributed by atoms with van der Waals surface area (Å²) in [5, 5.41) is 0.525. The van der Waals surface area contributed by atoms with E-state index in [2.05, 4.69) is 4.90 Å². The number of rotatable bonds is 5. The molecular weight excluding hydrogens is 411 g/mol. The number of nitrogens with zero attached hydrogens (tertiary/aromatic N) is 2. The number of piperazine rings is 1. The van der Waals surface area contributed by atoms with Gasteiger partial charge in [-0.3, -0.25) is 0 Å². The molecule has 0 saturated carbocycles. The number of benzene rings is 2. The SMILES string of the molecule is COc1ccc(N2CCN(S(=O)(=O)c3ccc(Cl)cc3Cl)CC2)c(OC)c1. The summed E-state index contributed by atoms with van der Waals surface area (Å²) in [5.74, 6) is 1.39. The van der Waals surface area contributed by atoms with Crippen molar-refractivity contribution in [2.24, 2.45) is 0 Å². The molecule has 0 aromatic heterocycles. The van der Waals surface area contributed by atoms with Crippen molar-refractivity contribution in [3.8, 4) is 11.5 Å². The maximum atomic E-state index is 12.9. The van der Waals surface area contributed by atoms with Crippen LogP contribution in [-0.4, -0.2) is 53.1 Å². The summed E-state index contributed by atoms with van der Waals surface area (Å²) in [6.45, 7) is 1.76. The van der Waals surface area contributed by atoms with E-state index < -0.39 is 10.0 Å². The summed E-state index contributed by atoms with van der Waals surface area (Å²) in [6, 6.07) is 9.99. The number of sulfonamides is 1. The van der Waals surface area contributed by atoms with Crippen LogP contribution in [0, 0.1) is 0 Å². The zero-order valence-corrected chi connectivity index (χ0v) is 17.3. The molecular formula is C18H20Cl2N2O4S. The fraction of sp³-hybridized carbons (Fsp3) is 0.333. The first kappa shape index (κ1) is 20.1. The van der Waals surface area contributed by atoms with Crippen LogP contribution in [0.4, 0.5) is 5.69 Å².